The maximum Gasteiger partial charge on any atom is 0.248 e. The highest BCUT2D eigenvalue weighted by Gasteiger charge is 2.31. The van der Waals surface area contributed by atoms with Crippen LogP contribution in [0, 0.1) is 5.82 Å². The molecule has 0 aliphatic heterocycles. The molecule has 0 heterocycles. The molecule has 0 saturated heterocycles. The van der Waals surface area contributed by atoms with Crippen LogP contribution in [0.1, 0.15) is 13.3 Å². The third kappa shape index (κ3) is 4.31. The van der Waals surface area contributed by atoms with E-state index >= 15 is 0 Å². The van der Waals surface area contributed by atoms with Gasteiger partial charge in [-0.2, -0.15) is 0 Å². The molecule has 0 aliphatic carbocycles. The number of carbonyl (C=O) groups excluding carboxylic acids is 1. The minimum Gasteiger partial charge on any atom is -0.324 e. The zero-order valence-corrected chi connectivity index (χ0v) is 16.4. The Morgan fingerprint density at radius 3 is 2.29 bits per heavy atom. The lowest BCUT2D eigenvalue weighted by Gasteiger charge is -2.30. The van der Waals surface area contributed by atoms with Crippen molar-refractivity contribution in [3.8, 4) is 0 Å². The number of rotatable bonds is 6. The smallest absolute Gasteiger partial charge is 0.248 e. The number of fused-ring (bicyclic) bond motifs is 1. The van der Waals surface area contributed by atoms with Gasteiger partial charge >= 0.3 is 0 Å². The van der Waals surface area contributed by atoms with Crippen LogP contribution in [0.2, 0.25) is 0 Å². The first-order valence-corrected chi connectivity index (χ1v) is 10.7. The second kappa shape index (κ2) is 7.98. The van der Waals surface area contributed by atoms with Gasteiger partial charge in [-0.25, -0.2) is 12.8 Å². The number of carbonyl (C=O) groups is 1. The minimum absolute atomic E-state index is 0.240. The van der Waals surface area contributed by atoms with Gasteiger partial charge in [0.25, 0.3) is 0 Å². The van der Waals surface area contributed by atoms with Gasteiger partial charge in [0, 0.05) is 5.69 Å². The molecule has 0 aromatic heterocycles. The van der Waals surface area contributed by atoms with Crippen molar-refractivity contribution in [1.29, 1.82) is 0 Å². The van der Waals surface area contributed by atoms with E-state index in [1.165, 1.54) is 24.3 Å². The zero-order valence-electron chi connectivity index (χ0n) is 15.6. The highest BCUT2D eigenvalue weighted by atomic mass is 32.2. The van der Waals surface area contributed by atoms with Gasteiger partial charge in [-0.3, -0.25) is 9.10 Å². The van der Waals surface area contributed by atoms with Crippen LogP contribution in [0.25, 0.3) is 10.8 Å². The third-order valence-corrected chi connectivity index (χ3v) is 5.61. The number of anilines is 2. The predicted octanol–water partition coefficient (Wildman–Crippen LogP) is 4.16. The lowest BCUT2D eigenvalue weighted by Crippen LogP contribution is -2.47. The summed E-state index contributed by atoms with van der Waals surface area (Å²) in [5, 5.41) is 4.80. The van der Waals surface area contributed by atoms with E-state index in [4.69, 9.17) is 0 Å². The van der Waals surface area contributed by atoms with Crippen molar-refractivity contribution in [2.24, 2.45) is 0 Å². The van der Waals surface area contributed by atoms with Gasteiger partial charge in [0.1, 0.15) is 11.9 Å². The first-order chi connectivity index (χ1) is 13.3. The summed E-state index contributed by atoms with van der Waals surface area (Å²) in [5.74, 6) is -0.932. The molecule has 1 atom stereocenters. The fourth-order valence-electron chi connectivity index (χ4n) is 3.14. The second-order valence-corrected chi connectivity index (χ2v) is 8.37. The van der Waals surface area contributed by atoms with E-state index in [1.54, 1.807) is 13.0 Å². The molecule has 1 N–H and O–H groups in total. The Balaban J connectivity index is 1.92. The van der Waals surface area contributed by atoms with Gasteiger partial charge in [-0.1, -0.05) is 37.3 Å². The molecule has 3 aromatic rings. The minimum atomic E-state index is -3.76. The molecule has 0 fully saturated rings. The Bertz CT molecular complexity index is 1100. The van der Waals surface area contributed by atoms with Crippen molar-refractivity contribution in [3.05, 3.63) is 72.5 Å². The van der Waals surface area contributed by atoms with Gasteiger partial charge in [-0.15, -0.1) is 0 Å². The van der Waals surface area contributed by atoms with Crippen molar-refractivity contribution in [3.63, 3.8) is 0 Å². The molecule has 0 spiro atoms. The number of amides is 1. The van der Waals surface area contributed by atoms with Crippen LogP contribution in [0.15, 0.2) is 66.7 Å². The average Bonchev–Trinajstić information content (AvgIpc) is 2.66. The Kier molecular flexibility index (Phi) is 5.65. The summed E-state index contributed by atoms with van der Waals surface area (Å²) >= 11 is 0. The van der Waals surface area contributed by atoms with Gasteiger partial charge in [0.2, 0.25) is 15.9 Å². The molecule has 1 amide bonds. The van der Waals surface area contributed by atoms with Crippen LogP contribution in [-0.2, 0) is 14.8 Å². The highest BCUT2D eigenvalue weighted by Crippen LogP contribution is 2.24. The first kappa shape index (κ1) is 19.8. The quantitative estimate of drug-likeness (QED) is 0.676. The van der Waals surface area contributed by atoms with Crippen molar-refractivity contribution in [1.82, 2.24) is 0 Å². The SMILES string of the molecule is CCC(C(=O)Nc1ccc2ccccc2c1)N(c1ccc(F)cc1)S(C)(=O)=O. The summed E-state index contributed by atoms with van der Waals surface area (Å²) in [4.78, 5) is 12.9. The average molecular weight is 400 g/mol. The Labute approximate surface area is 163 Å². The second-order valence-electron chi connectivity index (χ2n) is 6.51. The topological polar surface area (TPSA) is 66.5 Å². The molecule has 0 aliphatic rings. The molecule has 0 saturated carbocycles. The molecule has 0 bridgehead atoms. The predicted molar refractivity (Wildman–Crippen MR) is 110 cm³/mol. The van der Waals surface area contributed by atoms with Crippen LogP contribution in [0.3, 0.4) is 0 Å². The van der Waals surface area contributed by atoms with Crippen LogP contribution in [-0.4, -0.2) is 26.6 Å². The van der Waals surface area contributed by atoms with E-state index in [1.807, 2.05) is 36.4 Å². The van der Waals surface area contributed by atoms with Crippen molar-refractivity contribution < 1.29 is 17.6 Å². The first-order valence-electron chi connectivity index (χ1n) is 8.84. The molecular weight excluding hydrogens is 379 g/mol. The van der Waals surface area contributed by atoms with Crippen LogP contribution in [0.5, 0.6) is 0 Å². The largest absolute Gasteiger partial charge is 0.324 e. The van der Waals surface area contributed by atoms with E-state index in [9.17, 15) is 17.6 Å². The number of nitrogens with one attached hydrogen (secondary N) is 1. The number of sulfonamides is 1. The standard InChI is InChI=1S/C21H21FN2O3S/c1-3-20(24(28(2,26)27)19-12-9-17(22)10-13-19)21(25)23-18-11-8-15-6-4-5-7-16(15)14-18/h4-14,20H,3H2,1-2H3,(H,23,25). The monoisotopic (exact) mass is 400 g/mol. The molecule has 1 unspecified atom stereocenters. The fraction of sp³-hybridized carbons (Fsp3) is 0.190. The normalized spacial score (nSPS) is 12.5. The summed E-state index contributed by atoms with van der Waals surface area (Å²) < 4.78 is 39.1. The molecule has 5 nitrogen and oxygen atoms in total. The highest BCUT2D eigenvalue weighted by molar-refractivity contribution is 7.92. The summed E-state index contributed by atoms with van der Waals surface area (Å²) in [6, 6.07) is 17.3. The molecule has 0 radical (unpaired) electrons. The number of halogens is 1. The van der Waals surface area contributed by atoms with E-state index in [2.05, 4.69) is 5.32 Å². The molecule has 3 aromatic carbocycles. The molecular formula is C21H21FN2O3S. The van der Waals surface area contributed by atoms with E-state index in [0.717, 1.165) is 21.3 Å². The number of nitrogens with zero attached hydrogens (tertiary/aromatic N) is 1. The van der Waals surface area contributed by atoms with Crippen LogP contribution in [0.4, 0.5) is 15.8 Å². The van der Waals surface area contributed by atoms with Gasteiger partial charge in [-0.05, 0) is 53.6 Å². The maximum absolute atomic E-state index is 13.3. The zero-order chi connectivity index (χ0) is 20.3. The summed E-state index contributed by atoms with van der Waals surface area (Å²) in [5.41, 5.74) is 0.819. The van der Waals surface area contributed by atoms with E-state index in [-0.39, 0.29) is 12.1 Å². The Morgan fingerprint density at radius 2 is 1.68 bits per heavy atom. The maximum atomic E-state index is 13.3. The Hall–Kier alpha value is -2.93. The van der Waals surface area contributed by atoms with Gasteiger partial charge in [0.05, 0.1) is 11.9 Å². The lowest BCUT2D eigenvalue weighted by atomic mass is 10.1. The summed E-state index contributed by atoms with van der Waals surface area (Å²) in [6.07, 6.45) is 1.28. The van der Waals surface area contributed by atoms with Crippen LogP contribution < -0.4 is 9.62 Å². The third-order valence-electron chi connectivity index (χ3n) is 4.43. The number of hydrogen-bond acceptors (Lipinski definition) is 3. The van der Waals surface area contributed by atoms with Crippen LogP contribution >= 0.6 is 0 Å². The number of hydrogen-bond donors (Lipinski definition) is 1. The Morgan fingerprint density at radius 1 is 1.04 bits per heavy atom. The van der Waals surface area contributed by atoms with Crippen molar-refractivity contribution in [2.45, 2.75) is 19.4 Å². The van der Waals surface area contributed by atoms with E-state index < -0.39 is 27.8 Å². The summed E-state index contributed by atoms with van der Waals surface area (Å²) in [6.45, 7) is 1.73. The van der Waals surface area contributed by atoms with E-state index in [0.29, 0.717) is 5.69 Å². The molecule has 146 valence electrons. The number of benzene rings is 3. The van der Waals surface area contributed by atoms with Crippen molar-refractivity contribution in [2.75, 3.05) is 15.9 Å². The summed E-state index contributed by atoms with van der Waals surface area (Å²) in [7, 11) is -3.76. The van der Waals surface area contributed by atoms with Crippen molar-refractivity contribution >= 4 is 38.1 Å². The molecule has 28 heavy (non-hydrogen) atoms. The van der Waals surface area contributed by atoms with Gasteiger partial charge < -0.3 is 5.32 Å². The fourth-order valence-corrected chi connectivity index (χ4v) is 4.35. The lowest BCUT2D eigenvalue weighted by molar-refractivity contribution is -0.117. The molecule has 7 heteroatoms. The van der Waals surface area contributed by atoms with Gasteiger partial charge in [0.15, 0.2) is 0 Å². The molecule has 3 rings (SSSR count).